The summed E-state index contributed by atoms with van der Waals surface area (Å²) in [5, 5.41) is 6.41. The van der Waals surface area contributed by atoms with Gasteiger partial charge < -0.3 is 16.4 Å². The molecule has 0 aliphatic carbocycles. The van der Waals surface area contributed by atoms with E-state index in [4.69, 9.17) is 18.0 Å². The molecule has 0 aliphatic rings. The fourth-order valence-electron chi connectivity index (χ4n) is 0.396. The lowest BCUT2D eigenvalue weighted by molar-refractivity contribution is 0.507. The fraction of sp³-hybridized carbons (Fsp3) is 0.833. The van der Waals surface area contributed by atoms with Crippen LogP contribution in [0.1, 0.15) is 13.8 Å². The fourth-order valence-corrected chi connectivity index (χ4v) is 0.469. The highest BCUT2D eigenvalue weighted by Crippen LogP contribution is 1.91. The first-order chi connectivity index (χ1) is 4.45. The molecule has 0 aromatic heterocycles. The van der Waals surface area contributed by atoms with Crippen LogP contribution in [-0.4, -0.2) is 24.2 Å². The number of thiocarbonyl (C=S) groups is 1. The van der Waals surface area contributed by atoms with E-state index in [1.807, 2.05) is 13.8 Å². The van der Waals surface area contributed by atoms with Gasteiger partial charge in [0.2, 0.25) is 0 Å². The van der Waals surface area contributed by atoms with Crippen molar-refractivity contribution >= 4 is 17.3 Å². The Labute approximate surface area is 67.4 Å². The zero-order chi connectivity index (χ0) is 8.20. The first kappa shape index (κ1) is 9.65. The minimum Gasteiger partial charge on any atom is -0.366 e. The molecule has 0 rings (SSSR count). The van der Waals surface area contributed by atoms with E-state index in [0.717, 1.165) is 0 Å². The van der Waals surface area contributed by atoms with Crippen molar-refractivity contribution in [2.75, 3.05) is 13.6 Å². The highest BCUT2D eigenvalue weighted by atomic mass is 32.1. The third-order valence-corrected chi connectivity index (χ3v) is 1.28. The molecular weight excluding hydrogens is 146 g/mol. The Morgan fingerprint density at radius 3 is 2.40 bits per heavy atom. The third-order valence-electron chi connectivity index (χ3n) is 0.932. The molecule has 4 N–H and O–H groups in total. The summed E-state index contributed by atoms with van der Waals surface area (Å²) in [4.78, 5) is 0. The van der Waals surface area contributed by atoms with Crippen molar-refractivity contribution in [2.24, 2.45) is 5.73 Å². The molecule has 0 aromatic carbocycles. The van der Waals surface area contributed by atoms with Crippen molar-refractivity contribution in [3.05, 3.63) is 0 Å². The molecule has 60 valence electrons. The lowest BCUT2D eigenvalue weighted by atomic mass is 10.1. The Kier molecular flexibility index (Phi) is 3.60. The van der Waals surface area contributed by atoms with Crippen LogP contribution in [0.2, 0.25) is 0 Å². The summed E-state index contributed by atoms with van der Waals surface area (Å²) in [5.74, 6) is 0. The van der Waals surface area contributed by atoms with Crippen LogP contribution in [0.3, 0.4) is 0 Å². The van der Waals surface area contributed by atoms with Gasteiger partial charge in [-0.05, 0) is 26.1 Å². The second-order valence-corrected chi connectivity index (χ2v) is 3.33. The van der Waals surface area contributed by atoms with E-state index in [-0.39, 0.29) is 5.54 Å². The molecule has 0 saturated carbocycles. The predicted molar refractivity (Wildman–Crippen MR) is 47.9 cm³/mol. The Balaban J connectivity index is 3.46. The van der Waals surface area contributed by atoms with Crippen LogP contribution >= 0.6 is 12.2 Å². The van der Waals surface area contributed by atoms with Crippen LogP contribution in [0, 0.1) is 0 Å². The number of rotatable bonds is 2. The summed E-state index contributed by atoms with van der Waals surface area (Å²) in [6.45, 7) is 4.57. The second kappa shape index (κ2) is 3.73. The van der Waals surface area contributed by atoms with Crippen molar-refractivity contribution < 1.29 is 0 Å². The van der Waals surface area contributed by atoms with Crippen molar-refractivity contribution in [3.8, 4) is 0 Å². The largest absolute Gasteiger partial charge is 0.366 e. The Morgan fingerprint density at radius 1 is 1.60 bits per heavy atom. The summed E-state index contributed by atoms with van der Waals surface area (Å²) < 4.78 is 0. The van der Waals surface area contributed by atoms with Crippen molar-refractivity contribution in [3.63, 3.8) is 0 Å². The molecule has 0 aliphatic heterocycles. The first-order valence-corrected chi connectivity index (χ1v) is 3.61. The van der Waals surface area contributed by atoms with Crippen molar-refractivity contribution in [1.82, 2.24) is 10.6 Å². The molecule has 10 heavy (non-hydrogen) atoms. The summed E-state index contributed by atoms with van der Waals surface area (Å²) in [5.41, 5.74) is 5.48. The van der Waals surface area contributed by atoms with Crippen LogP contribution in [0.5, 0.6) is 0 Å². The van der Waals surface area contributed by atoms with Gasteiger partial charge in [0.25, 0.3) is 0 Å². The Hall–Kier alpha value is -0.350. The minimum absolute atomic E-state index is 0.207. The highest BCUT2D eigenvalue weighted by Gasteiger charge is 2.09. The zero-order valence-electron chi connectivity index (χ0n) is 6.69. The third kappa shape index (κ3) is 5.78. The molecule has 0 heterocycles. The molecule has 3 nitrogen and oxygen atoms in total. The molecule has 0 atom stereocenters. The lowest BCUT2D eigenvalue weighted by Gasteiger charge is -2.19. The molecule has 0 unspecified atom stereocenters. The lowest BCUT2D eigenvalue weighted by Crippen LogP contribution is -2.47. The summed E-state index contributed by atoms with van der Waals surface area (Å²) in [6.07, 6.45) is 0. The van der Waals surface area contributed by atoms with Crippen LogP contribution in [0.4, 0.5) is 0 Å². The van der Waals surface area contributed by atoms with E-state index in [1.165, 1.54) is 0 Å². The van der Waals surface area contributed by atoms with E-state index < -0.39 is 0 Å². The molecule has 0 amide bonds. The standard InChI is InChI=1S/C6H15N3S/c1-6(2,7)4-9-5(10)8-3/h4,7H2,1-3H3,(H2,8,9,10). The predicted octanol–water partition coefficient (Wildman–Crippen LogP) is -0.182. The number of nitrogens with two attached hydrogens (primary N) is 1. The van der Waals surface area contributed by atoms with Crippen LogP contribution in [-0.2, 0) is 0 Å². The van der Waals surface area contributed by atoms with Gasteiger partial charge in [-0.1, -0.05) is 0 Å². The van der Waals surface area contributed by atoms with E-state index in [1.54, 1.807) is 7.05 Å². The van der Waals surface area contributed by atoms with Gasteiger partial charge in [-0.2, -0.15) is 0 Å². The van der Waals surface area contributed by atoms with Gasteiger partial charge >= 0.3 is 0 Å². The topological polar surface area (TPSA) is 50.1 Å². The quantitative estimate of drug-likeness (QED) is 0.492. The van der Waals surface area contributed by atoms with Crippen LogP contribution < -0.4 is 16.4 Å². The second-order valence-electron chi connectivity index (χ2n) is 2.92. The highest BCUT2D eigenvalue weighted by molar-refractivity contribution is 7.80. The Morgan fingerprint density at radius 2 is 2.10 bits per heavy atom. The minimum atomic E-state index is -0.207. The average molecular weight is 161 g/mol. The molecule has 0 saturated heterocycles. The molecule has 0 aromatic rings. The smallest absolute Gasteiger partial charge is 0.166 e. The molecular formula is C6H15N3S. The summed E-state index contributed by atoms with van der Waals surface area (Å²) >= 11 is 4.85. The maximum atomic E-state index is 5.69. The van der Waals surface area contributed by atoms with Crippen LogP contribution in [0.15, 0.2) is 0 Å². The summed E-state index contributed by atoms with van der Waals surface area (Å²) in [6, 6.07) is 0. The van der Waals surface area contributed by atoms with Crippen LogP contribution in [0.25, 0.3) is 0 Å². The number of nitrogens with one attached hydrogen (secondary N) is 2. The maximum Gasteiger partial charge on any atom is 0.166 e. The molecule has 0 spiro atoms. The summed E-state index contributed by atoms with van der Waals surface area (Å²) in [7, 11) is 1.78. The van der Waals surface area contributed by atoms with Gasteiger partial charge in [0, 0.05) is 19.1 Å². The molecule has 0 bridgehead atoms. The zero-order valence-corrected chi connectivity index (χ0v) is 7.51. The average Bonchev–Trinajstić information content (AvgIpc) is 1.81. The molecule has 4 heteroatoms. The van der Waals surface area contributed by atoms with Gasteiger partial charge in [-0.25, -0.2) is 0 Å². The first-order valence-electron chi connectivity index (χ1n) is 3.20. The normalized spacial score (nSPS) is 10.8. The van der Waals surface area contributed by atoms with Gasteiger partial charge in [0.15, 0.2) is 5.11 Å². The van der Waals surface area contributed by atoms with E-state index in [0.29, 0.717) is 11.7 Å². The van der Waals surface area contributed by atoms with Crippen molar-refractivity contribution in [1.29, 1.82) is 0 Å². The van der Waals surface area contributed by atoms with Gasteiger partial charge in [0.1, 0.15) is 0 Å². The van der Waals surface area contributed by atoms with E-state index >= 15 is 0 Å². The number of hydrogen-bond donors (Lipinski definition) is 3. The molecule has 0 fully saturated rings. The molecule has 0 radical (unpaired) electrons. The van der Waals surface area contributed by atoms with E-state index in [2.05, 4.69) is 10.6 Å². The van der Waals surface area contributed by atoms with Gasteiger partial charge in [-0.3, -0.25) is 0 Å². The number of hydrogen-bond acceptors (Lipinski definition) is 2. The van der Waals surface area contributed by atoms with E-state index in [9.17, 15) is 0 Å². The van der Waals surface area contributed by atoms with Gasteiger partial charge in [-0.15, -0.1) is 0 Å². The SMILES string of the molecule is CNC(=S)NCC(C)(C)N. The maximum absolute atomic E-state index is 5.69. The monoisotopic (exact) mass is 161 g/mol. The van der Waals surface area contributed by atoms with Gasteiger partial charge in [0.05, 0.1) is 0 Å². The Bertz CT molecular complexity index is 117. The van der Waals surface area contributed by atoms with Crippen molar-refractivity contribution in [2.45, 2.75) is 19.4 Å².